The normalized spacial score (nSPS) is 18.6. The van der Waals surface area contributed by atoms with Crippen molar-refractivity contribution in [1.29, 1.82) is 0 Å². The molecule has 164 valence electrons. The van der Waals surface area contributed by atoms with Crippen molar-refractivity contribution in [3.63, 3.8) is 0 Å². The average Bonchev–Trinajstić information content (AvgIpc) is 2.81. The fourth-order valence-corrected chi connectivity index (χ4v) is 4.54. The summed E-state index contributed by atoms with van der Waals surface area (Å²) in [5.41, 5.74) is 3.31. The zero-order chi connectivity index (χ0) is 21.5. The van der Waals surface area contributed by atoms with E-state index in [1.165, 1.54) is 18.4 Å². The lowest BCUT2D eigenvalue weighted by atomic mass is 9.96. The summed E-state index contributed by atoms with van der Waals surface area (Å²) in [4.78, 5) is 16.8. The van der Waals surface area contributed by atoms with Crippen LogP contribution >= 0.6 is 0 Å². The highest BCUT2D eigenvalue weighted by molar-refractivity contribution is 5.92. The van der Waals surface area contributed by atoms with E-state index in [0.717, 1.165) is 43.7 Å². The number of nitrogens with zero attached hydrogens (tertiary/aromatic N) is 2. The molecule has 0 radical (unpaired) electrons. The van der Waals surface area contributed by atoms with Crippen LogP contribution < -0.4 is 5.32 Å². The number of benzene rings is 2. The van der Waals surface area contributed by atoms with Crippen molar-refractivity contribution in [2.45, 2.75) is 32.4 Å². The number of hydrogen-bond acceptors (Lipinski definition) is 4. The first-order chi connectivity index (χ1) is 15.2. The first-order valence-electron chi connectivity index (χ1n) is 11.4. The van der Waals surface area contributed by atoms with Crippen LogP contribution in [0.5, 0.6) is 0 Å². The van der Waals surface area contributed by atoms with Gasteiger partial charge in [0.1, 0.15) is 0 Å². The maximum Gasteiger partial charge on any atom is 0.288 e. The Morgan fingerprint density at radius 3 is 2.13 bits per heavy atom. The molecule has 1 saturated heterocycles. The van der Waals surface area contributed by atoms with E-state index in [-0.39, 0.29) is 11.7 Å². The highest BCUT2D eigenvalue weighted by Crippen LogP contribution is 2.21. The van der Waals surface area contributed by atoms with E-state index < -0.39 is 0 Å². The molecular weight excluding hydrogens is 386 g/mol. The lowest BCUT2D eigenvalue weighted by molar-refractivity contribution is -0.131. The highest BCUT2D eigenvalue weighted by Gasteiger charge is 2.27. The van der Waals surface area contributed by atoms with Gasteiger partial charge < -0.3 is 15.3 Å². The molecule has 0 aromatic heterocycles. The van der Waals surface area contributed by atoms with Gasteiger partial charge in [0, 0.05) is 26.2 Å². The van der Waals surface area contributed by atoms with E-state index in [0.29, 0.717) is 25.6 Å². The summed E-state index contributed by atoms with van der Waals surface area (Å²) in [6.45, 7) is 6.03. The predicted octanol–water partition coefficient (Wildman–Crippen LogP) is 3.73. The lowest BCUT2D eigenvalue weighted by Crippen LogP contribution is -2.40. The first-order valence-corrected chi connectivity index (χ1v) is 11.4. The molecule has 0 saturated carbocycles. The number of likely N-dealkylation sites (tertiary alicyclic amines) is 1. The monoisotopic (exact) mass is 419 g/mol. The number of aliphatic hydroxyl groups excluding tert-OH is 1. The van der Waals surface area contributed by atoms with Crippen molar-refractivity contribution in [2.75, 3.05) is 32.7 Å². The Morgan fingerprint density at radius 1 is 0.871 bits per heavy atom. The minimum absolute atomic E-state index is 0.0626. The zero-order valence-corrected chi connectivity index (χ0v) is 18.2. The molecule has 4 rings (SSSR count). The molecule has 2 aliphatic rings. The van der Waals surface area contributed by atoms with E-state index in [2.05, 4.69) is 40.5 Å². The Hall–Kier alpha value is -2.63. The summed E-state index contributed by atoms with van der Waals surface area (Å²) in [6.07, 6.45) is 3.11. The summed E-state index contributed by atoms with van der Waals surface area (Å²) in [7, 11) is 0. The minimum Gasteiger partial charge on any atom is -0.503 e. The Bertz CT molecular complexity index is 874. The topological polar surface area (TPSA) is 55.8 Å². The molecule has 31 heavy (non-hydrogen) atoms. The van der Waals surface area contributed by atoms with Gasteiger partial charge >= 0.3 is 0 Å². The van der Waals surface area contributed by atoms with Crippen molar-refractivity contribution >= 4 is 5.91 Å². The van der Waals surface area contributed by atoms with E-state index >= 15 is 0 Å². The van der Waals surface area contributed by atoms with Crippen molar-refractivity contribution in [1.82, 2.24) is 15.1 Å². The molecule has 1 fully saturated rings. The van der Waals surface area contributed by atoms with E-state index in [9.17, 15) is 9.90 Å². The summed E-state index contributed by atoms with van der Waals surface area (Å²) in [5, 5.41) is 13.9. The number of hydrogen-bond donors (Lipinski definition) is 2. The number of amides is 1. The molecule has 0 aliphatic carbocycles. The largest absolute Gasteiger partial charge is 0.503 e. The molecule has 2 heterocycles. The van der Waals surface area contributed by atoms with Gasteiger partial charge in [0.25, 0.3) is 5.91 Å². The number of carbonyl (C=O) groups excluding carboxylic acids is 1. The Balaban J connectivity index is 1.19. The summed E-state index contributed by atoms with van der Waals surface area (Å²) in [5.74, 6) is 0.345. The summed E-state index contributed by atoms with van der Waals surface area (Å²) >= 11 is 0. The molecule has 0 spiro atoms. The van der Waals surface area contributed by atoms with Gasteiger partial charge in [-0.15, -0.1) is 0 Å². The van der Waals surface area contributed by atoms with Crippen LogP contribution in [0, 0.1) is 5.92 Å². The quantitative estimate of drug-likeness (QED) is 0.685. The van der Waals surface area contributed by atoms with Crippen molar-refractivity contribution in [2.24, 2.45) is 5.92 Å². The third-order valence-electron chi connectivity index (χ3n) is 6.45. The zero-order valence-electron chi connectivity index (χ0n) is 18.2. The molecule has 0 unspecified atom stereocenters. The molecule has 2 aromatic rings. The van der Waals surface area contributed by atoms with Crippen LogP contribution in [0.4, 0.5) is 0 Å². The maximum absolute atomic E-state index is 12.6. The molecule has 2 aliphatic heterocycles. The standard InChI is InChI=1S/C26H33N3O2/c30-25-24(13-16-29(26(25)31)20-23-9-5-2-6-10-23)18-27-17-21-11-14-28(15-12-21)19-22-7-3-1-4-8-22/h1-10,21,27,30H,11-20H2. The van der Waals surface area contributed by atoms with Crippen molar-refractivity contribution in [3.05, 3.63) is 83.1 Å². The van der Waals surface area contributed by atoms with E-state index in [1.807, 2.05) is 30.3 Å². The Morgan fingerprint density at radius 2 is 1.48 bits per heavy atom. The number of piperidine rings is 1. The van der Waals surface area contributed by atoms with Crippen LogP contribution in [0.3, 0.4) is 0 Å². The highest BCUT2D eigenvalue weighted by atomic mass is 16.3. The number of rotatable bonds is 8. The minimum atomic E-state index is -0.249. The van der Waals surface area contributed by atoms with Gasteiger partial charge in [0.15, 0.2) is 5.76 Å². The van der Waals surface area contributed by atoms with Gasteiger partial charge in [0.2, 0.25) is 0 Å². The Kier molecular flexibility index (Phi) is 7.39. The van der Waals surface area contributed by atoms with Crippen LogP contribution in [0.15, 0.2) is 72.0 Å². The second-order valence-electron chi connectivity index (χ2n) is 8.75. The molecule has 5 nitrogen and oxygen atoms in total. The third-order valence-corrected chi connectivity index (χ3v) is 6.45. The van der Waals surface area contributed by atoms with Gasteiger partial charge in [-0.05, 0) is 61.5 Å². The summed E-state index contributed by atoms with van der Waals surface area (Å²) in [6, 6.07) is 20.6. The van der Waals surface area contributed by atoms with Crippen LogP contribution in [0.2, 0.25) is 0 Å². The second-order valence-corrected chi connectivity index (χ2v) is 8.75. The van der Waals surface area contributed by atoms with Gasteiger partial charge in [-0.1, -0.05) is 60.7 Å². The number of nitrogens with one attached hydrogen (secondary N) is 1. The second kappa shape index (κ2) is 10.6. The number of aliphatic hydroxyl groups is 1. The van der Waals surface area contributed by atoms with Gasteiger partial charge in [-0.3, -0.25) is 9.69 Å². The van der Waals surface area contributed by atoms with Gasteiger partial charge in [0.05, 0.1) is 0 Å². The Labute approximate surface area is 185 Å². The molecule has 2 N–H and O–H groups in total. The molecular formula is C26H33N3O2. The van der Waals surface area contributed by atoms with Crippen LogP contribution in [-0.4, -0.2) is 53.5 Å². The van der Waals surface area contributed by atoms with E-state index in [1.54, 1.807) is 4.90 Å². The van der Waals surface area contributed by atoms with Crippen LogP contribution in [0.25, 0.3) is 0 Å². The predicted molar refractivity (Wildman–Crippen MR) is 123 cm³/mol. The van der Waals surface area contributed by atoms with E-state index in [4.69, 9.17) is 0 Å². The fourth-order valence-electron chi connectivity index (χ4n) is 4.54. The average molecular weight is 420 g/mol. The van der Waals surface area contributed by atoms with Gasteiger partial charge in [-0.2, -0.15) is 0 Å². The molecule has 2 aromatic carbocycles. The van der Waals surface area contributed by atoms with Crippen molar-refractivity contribution in [3.8, 4) is 0 Å². The lowest BCUT2D eigenvalue weighted by Gasteiger charge is -2.32. The maximum atomic E-state index is 12.6. The molecule has 5 heteroatoms. The van der Waals surface area contributed by atoms with Crippen LogP contribution in [-0.2, 0) is 17.9 Å². The van der Waals surface area contributed by atoms with Crippen LogP contribution in [0.1, 0.15) is 30.4 Å². The fraction of sp³-hybridized carbons (Fsp3) is 0.423. The molecule has 0 atom stereocenters. The van der Waals surface area contributed by atoms with Crippen molar-refractivity contribution < 1.29 is 9.90 Å². The molecule has 0 bridgehead atoms. The summed E-state index contributed by atoms with van der Waals surface area (Å²) < 4.78 is 0. The number of carbonyl (C=O) groups is 1. The third kappa shape index (κ3) is 5.96. The smallest absolute Gasteiger partial charge is 0.288 e. The first kappa shape index (κ1) is 21.6. The van der Waals surface area contributed by atoms with Gasteiger partial charge in [-0.25, -0.2) is 0 Å². The molecule has 1 amide bonds. The SMILES string of the molecule is O=C1C(O)=C(CNCC2CCN(Cc3ccccc3)CC2)CCN1Cc1ccccc1.